The van der Waals surface area contributed by atoms with E-state index in [1.807, 2.05) is 0 Å². The minimum absolute atomic E-state index is 0.0359. The molecule has 1 atom stereocenters. The third kappa shape index (κ3) is 2.63. The van der Waals surface area contributed by atoms with Crippen molar-refractivity contribution in [1.29, 1.82) is 0 Å². The van der Waals surface area contributed by atoms with Gasteiger partial charge in [-0.2, -0.15) is 0 Å². The van der Waals surface area contributed by atoms with Gasteiger partial charge in [-0.15, -0.1) is 0 Å². The second-order valence-electron chi connectivity index (χ2n) is 6.10. The number of hydrogen-bond donors (Lipinski definition) is 0. The van der Waals surface area contributed by atoms with Crippen LogP contribution in [0.4, 0.5) is 5.69 Å². The molecule has 1 aliphatic heterocycles. The third-order valence-electron chi connectivity index (χ3n) is 3.76. The lowest BCUT2D eigenvalue weighted by Gasteiger charge is -2.32. The van der Waals surface area contributed by atoms with E-state index < -0.39 is 11.7 Å². The van der Waals surface area contributed by atoms with E-state index >= 15 is 0 Å². The topological polar surface area (TPSA) is 37.4 Å². The Kier molecular flexibility index (Phi) is 4.26. The maximum absolute atomic E-state index is 12.2. The Morgan fingerprint density at radius 2 is 1.95 bits per heavy atom. The molecule has 0 bridgehead atoms. The molecule has 1 amide bonds. The van der Waals surface area contributed by atoms with Crippen LogP contribution < -0.4 is 4.90 Å². The monoisotopic (exact) mass is 357 g/mol. The Labute approximate surface area is 132 Å². The van der Waals surface area contributed by atoms with Crippen LogP contribution in [-0.2, 0) is 4.79 Å². The summed E-state index contributed by atoms with van der Waals surface area (Å²) in [5.41, 5.74) is 0.998. The van der Waals surface area contributed by atoms with Crippen molar-refractivity contribution in [2.75, 3.05) is 16.8 Å². The molecule has 0 saturated heterocycles. The van der Waals surface area contributed by atoms with Gasteiger partial charge in [0.1, 0.15) is 0 Å². The van der Waals surface area contributed by atoms with Crippen LogP contribution in [0, 0.1) is 11.3 Å². The van der Waals surface area contributed by atoms with Crippen LogP contribution >= 0.6 is 27.5 Å². The summed E-state index contributed by atoms with van der Waals surface area (Å²) in [5.74, 6) is -0.750. The molecule has 0 N–H and O–H groups in total. The summed E-state index contributed by atoms with van der Waals surface area (Å²) in [6.45, 7) is 6.88. The van der Waals surface area contributed by atoms with E-state index in [2.05, 4.69) is 36.7 Å². The molecular weight excluding hydrogens is 342 g/mol. The summed E-state index contributed by atoms with van der Waals surface area (Å²) in [7, 11) is 0. The molecule has 0 fully saturated rings. The standard InChI is InChI=1S/C15H17BrClNO2/c1-15(2,3)9(7-16)8-18-11-6-4-5-10(17)12(11)13(19)14(18)20/h4-6,9H,7-8H2,1-3H3. The molecule has 0 radical (unpaired) electrons. The van der Waals surface area contributed by atoms with Gasteiger partial charge in [0.25, 0.3) is 11.7 Å². The molecule has 5 heteroatoms. The first-order chi connectivity index (χ1) is 9.27. The maximum atomic E-state index is 12.2. The van der Waals surface area contributed by atoms with Crippen molar-refractivity contribution < 1.29 is 9.59 Å². The number of nitrogens with zero attached hydrogens (tertiary/aromatic N) is 1. The van der Waals surface area contributed by atoms with Crippen molar-refractivity contribution in [1.82, 2.24) is 0 Å². The number of anilines is 1. The summed E-state index contributed by atoms with van der Waals surface area (Å²) in [5, 5.41) is 1.11. The molecule has 1 aliphatic rings. The Hall–Kier alpha value is -0.870. The molecule has 1 unspecified atom stereocenters. The first kappa shape index (κ1) is 15.5. The van der Waals surface area contributed by atoms with Crippen molar-refractivity contribution in [3.05, 3.63) is 28.8 Å². The highest BCUT2D eigenvalue weighted by Crippen LogP contribution is 2.37. The molecule has 20 heavy (non-hydrogen) atoms. The lowest BCUT2D eigenvalue weighted by atomic mass is 9.82. The Bertz CT molecular complexity index is 565. The highest BCUT2D eigenvalue weighted by atomic mass is 79.9. The number of amides is 1. The van der Waals surface area contributed by atoms with Gasteiger partial charge in [0.2, 0.25) is 0 Å². The van der Waals surface area contributed by atoms with Gasteiger partial charge in [-0.1, -0.05) is 54.4 Å². The lowest BCUT2D eigenvalue weighted by Crippen LogP contribution is -2.39. The van der Waals surface area contributed by atoms with E-state index in [0.717, 1.165) is 5.33 Å². The van der Waals surface area contributed by atoms with E-state index in [1.165, 1.54) is 0 Å². The van der Waals surface area contributed by atoms with E-state index in [-0.39, 0.29) is 11.3 Å². The second kappa shape index (κ2) is 5.49. The molecular formula is C15H17BrClNO2. The average Bonchev–Trinajstić information content (AvgIpc) is 2.59. The van der Waals surface area contributed by atoms with Crippen molar-refractivity contribution in [2.45, 2.75) is 20.8 Å². The molecule has 0 spiro atoms. The molecule has 0 saturated carbocycles. The summed E-state index contributed by atoms with van der Waals surface area (Å²) in [4.78, 5) is 25.8. The number of rotatable bonds is 3. The van der Waals surface area contributed by atoms with Crippen LogP contribution in [0.2, 0.25) is 5.02 Å². The smallest absolute Gasteiger partial charge is 0.299 e. The van der Waals surface area contributed by atoms with E-state index in [0.29, 0.717) is 22.8 Å². The van der Waals surface area contributed by atoms with Gasteiger partial charge in [-0.3, -0.25) is 9.59 Å². The van der Waals surface area contributed by atoms with Gasteiger partial charge in [-0.05, 0) is 23.5 Å². The Balaban J connectivity index is 2.38. The predicted octanol–water partition coefficient (Wildman–Crippen LogP) is 3.93. The van der Waals surface area contributed by atoms with Gasteiger partial charge < -0.3 is 4.90 Å². The Morgan fingerprint density at radius 3 is 2.50 bits per heavy atom. The van der Waals surface area contributed by atoms with E-state index in [1.54, 1.807) is 23.1 Å². The van der Waals surface area contributed by atoms with Gasteiger partial charge in [0.15, 0.2) is 0 Å². The highest BCUT2D eigenvalue weighted by molar-refractivity contribution is 9.09. The van der Waals surface area contributed by atoms with Crippen molar-refractivity contribution in [2.24, 2.45) is 11.3 Å². The van der Waals surface area contributed by atoms with Crippen LogP contribution in [0.15, 0.2) is 18.2 Å². The number of carbonyl (C=O) groups is 2. The first-order valence-electron chi connectivity index (χ1n) is 6.48. The first-order valence-corrected chi connectivity index (χ1v) is 7.98. The zero-order valence-corrected chi connectivity index (χ0v) is 14.1. The zero-order valence-electron chi connectivity index (χ0n) is 11.7. The number of carbonyl (C=O) groups excluding carboxylic acids is 2. The largest absolute Gasteiger partial charge is 0.304 e. The highest BCUT2D eigenvalue weighted by Gasteiger charge is 2.39. The number of benzene rings is 1. The summed E-state index contributed by atoms with van der Waals surface area (Å²) in [6, 6.07) is 5.18. The van der Waals surface area contributed by atoms with Crippen LogP contribution in [0.5, 0.6) is 0 Å². The quantitative estimate of drug-likeness (QED) is 0.606. The minimum atomic E-state index is -0.507. The molecule has 108 valence electrons. The zero-order chi connectivity index (χ0) is 15.1. The average molecular weight is 359 g/mol. The number of halogens is 2. The number of fused-ring (bicyclic) bond motifs is 1. The summed E-state index contributed by atoms with van der Waals surface area (Å²) in [6.07, 6.45) is 0. The van der Waals surface area contributed by atoms with Crippen LogP contribution in [0.3, 0.4) is 0 Å². The minimum Gasteiger partial charge on any atom is -0.304 e. The molecule has 2 rings (SSSR count). The molecule has 0 aliphatic carbocycles. The van der Waals surface area contributed by atoms with Crippen LogP contribution in [-0.4, -0.2) is 23.6 Å². The van der Waals surface area contributed by atoms with Crippen molar-refractivity contribution in [3.63, 3.8) is 0 Å². The van der Waals surface area contributed by atoms with Crippen molar-refractivity contribution in [3.8, 4) is 0 Å². The number of alkyl halides is 1. The van der Waals surface area contributed by atoms with E-state index in [9.17, 15) is 9.59 Å². The predicted molar refractivity (Wildman–Crippen MR) is 84.9 cm³/mol. The molecule has 1 aromatic rings. The van der Waals surface area contributed by atoms with Crippen LogP contribution in [0.1, 0.15) is 31.1 Å². The van der Waals surface area contributed by atoms with Gasteiger partial charge >= 0.3 is 0 Å². The van der Waals surface area contributed by atoms with Crippen LogP contribution in [0.25, 0.3) is 0 Å². The van der Waals surface area contributed by atoms with Gasteiger partial charge in [0.05, 0.1) is 16.3 Å². The molecule has 0 aromatic heterocycles. The summed E-state index contributed by atoms with van der Waals surface area (Å²) >= 11 is 9.55. The maximum Gasteiger partial charge on any atom is 0.299 e. The normalized spacial score (nSPS) is 16.6. The fourth-order valence-corrected chi connectivity index (χ4v) is 3.69. The van der Waals surface area contributed by atoms with Gasteiger partial charge in [-0.25, -0.2) is 0 Å². The van der Waals surface area contributed by atoms with E-state index in [4.69, 9.17) is 11.6 Å². The SMILES string of the molecule is CC(C)(C)C(CBr)CN1C(=O)C(=O)c2c(Cl)cccc21. The molecule has 1 heterocycles. The Morgan fingerprint density at radius 1 is 1.30 bits per heavy atom. The van der Waals surface area contributed by atoms with Crippen molar-refractivity contribution >= 4 is 44.9 Å². The second-order valence-corrected chi connectivity index (χ2v) is 7.15. The summed E-state index contributed by atoms with van der Waals surface area (Å²) < 4.78 is 0. The number of hydrogen-bond acceptors (Lipinski definition) is 2. The van der Waals surface area contributed by atoms with Gasteiger partial charge in [0, 0.05) is 11.9 Å². The fourth-order valence-electron chi connectivity index (χ4n) is 2.26. The number of Topliss-reactive ketones (excluding diaryl/α,β-unsaturated/α-hetero) is 1. The molecule has 3 nitrogen and oxygen atoms in total. The lowest BCUT2D eigenvalue weighted by molar-refractivity contribution is -0.114. The number of ketones is 1. The molecule has 1 aromatic carbocycles. The third-order valence-corrected chi connectivity index (χ3v) is 4.86. The fraction of sp³-hybridized carbons (Fsp3) is 0.467.